The van der Waals surface area contributed by atoms with E-state index in [0.29, 0.717) is 0 Å². The van der Waals surface area contributed by atoms with E-state index in [1.807, 2.05) is 30.3 Å². The van der Waals surface area contributed by atoms with E-state index in [9.17, 15) is 0 Å². The maximum absolute atomic E-state index is 8.82. The Balaban J connectivity index is 2.11. The molecular formula is C17H19NO2. The van der Waals surface area contributed by atoms with Gasteiger partial charge in [0.1, 0.15) is 12.4 Å². The molecule has 1 N–H and O–H groups in total. The zero-order valence-electron chi connectivity index (χ0n) is 11.7. The van der Waals surface area contributed by atoms with Crippen LogP contribution >= 0.6 is 0 Å². The molecule has 1 heterocycles. The van der Waals surface area contributed by atoms with Crippen LogP contribution in [0, 0.1) is 11.8 Å². The first-order chi connectivity index (χ1) is 9.83. The van der Waals surface area contributed by atoms with Crippen LogP contribution in [0.5, 0.6) is 0 Å². The van der Waals surface area contributed by atoms with Crippen molar-refractivity contribution in [1.29, 1.82) is 0 Å². The van der Waals surface area contributed by atoms with Crippen molar-refractivity contribution in [2.75, 3.05) is 13.2 Å². The average molecular weight is 269 g/mol. The Labute approximate surface area is 119 Å². The first kappa shape index (κ1) is 14.4. The SMILES string of the molecule is CCN(Cc1ccco1)Cc1ccccc1C#CCO. The standard InChI is InChI=1S/C17H19NO2/c1-2-18(14-17-10-6-12-20-17)13-16-8-4-3-7-15(16)9-5-11-19/h3-4,6-8,10,12,19H,2,11,13-14H2,1H3. The molecule has 0 aliphatic heterocycles. The fourth-order valence-corrected chi connectivity index (χ4v) is 2.06. The van der Waals surface area contributed by atoms with Crippen molar-refractivity contribution in [3.63, 3.8) is 0 Å². The van der Waals surface area contributed by atoms with E-state index in [1.165, 1.54) is 5.56 Å². The van der Waals surface area contributed by atoms with E-state index < -0.39 is 0 Å². The predicted molar refractivity (Wildman–Crippen MR) is 78.9 cm³/mol. The van der Waals surface area contributed by atoms with Crippen molar-refractivity contribution in [1.82, 2.24) is 4.90 Å². The predicted octanol–water partition coefficient (Wildman–Crippen LogP) is 2.65. The number of aliphatic hydroxyl groups excluding tert-OH is 1. The summed E-state index contributed by atoms with van der Waals surface area (Å²) in [7, 11) is 0. The molecule has 2 aromatic rings. The number of rotatable bonds is 5. The summed E-state index contributed by atoms with van der Waals surface area (Å²) < 4.78 is 5.40. The number of hydrogen-bond donors (Lipinski definition) is 1. The van der Waals surface area contributed by atoms with E-state index in [2.05, 4.69) is 29.7 Å². The number of nitrogens with zero attached hydrogens (tertiary/aromatic N) is 1. The molecule has 0 atom stereocenters. The molecule has 0 aliphatic carbocycles. The van der Waals surface area contributed by atoms with Crippen LogP contribution in [0.4, 0.5) is 0 Å². The van der Waals surface area contributed by atoms with Gasteiger partial charge in [-0.15, -0.1) is 0 Å². The average Bonchev–Trinajstić information content (AvgIpc) is 2.98. The lowest BCUT2D eigenvalue weighted by atomic mass is 10.1. The van der Waals surface area contributed by atoms with Crippen LogP contribution < -0.4 is 0 Å². The van der Waals surface area contributed by atoms with Gasteiger partial charge in [0.05, 0.1) is 12.8 Å². The largest absolute Gasteiger partial charge is 0.468 e. The molecule has 0 spiro atoms. The molecule has 3 heteroatoms. The van der Waals surface area contributed by atoms with E-state index in [-0.39, 0.29) is 6.61 Å². The number of furan rings is 1. The third-order valence-electron chi connectivity index (χ3n) is 3.12. The topological polar surface area (TPSA) is 36.6 Å². The fourth-order valence-electron chi connectivity index (χ4n) is 2.06. The molecule has 0 amide bonds. The number of aliphatic hydroxyl groups is 1. The summed E-state index contributed by atoms with van der Waals surface area (Å²) in [6.07, 6.45) is 1.70. The summed E-state index contributed by atoms with van der Waals surface area (Å²) in [5.74, 6) is 6.68. The zero-order valence-corrected chi connectivity index (χ0v) is 11.7. The van der Waals surface area contributed by atoms with Crippen molar-refractivity contribution >= 4 is 0 Å². The summed E-state index contributed by atoms with van der Waals surface area (Å²) in [5.41, 5.74) is 2.14. The second-order valence-electron chi connectivity index (χ2n) is 4.50. The Hall–Kier alpha value is -2.02. The van der Waals surface area contributed by atoms with E-state index >= 15 is 0 Å². The van der Waals surface area contributed by atoms with Crippen LogP contribution in [0.3, 0.4) is 0 Å². The highest BCUT2D eigenvalue weighted by Crippen LogP contribution is 2.13. The molecule has 1 aromatic carbocycles. The first-order valence-electron chi connectivity index (χ1n) is 6.76. The molecule has 0 aliphatic rings. The van der Waals surface area contributed by atoms with Crippen LogP contribution in [-0.4, -0.2) is 23.2 Å². The minimum Gasteiger partial charge on any atom is -0.468 e. The first-order valence-corrected chi connectivity index (χ1v) is 6.76. The van der Waals surface area contributed by atoms with Gasteiger partial charge in [-0.25, -0.2) is 0 Å². The number of benzene rings is 1. The molecule has 2 rings (SSSR count). The van der Waals surface area contributed by atoms with Gasteiger partial charge in [-0.1, -0.05) is 37.0 Å². The molecule has 0 saturated heterocycles. The maximum Gasteiger partial charge on any atom is 0.117 e. The molecule has 0 fully saturated rings. The van der Waals surface area contributed by atoms with Crippen LogP contribution in [0.2, 0.25) is 0 Å². The second kappa shape index (κ2) is 7.54. The lowest BCUT2D eigenvalue weighted by molar-refractivity contribution is 0.247. The van der Waals surface area contributed by atoms with Gasteiger partial charge in [0.25, 0.3) is 0 Å². The van der Waals surface area contributed by atoms with Gasteiger partial charge < -0.3 is 9.52 Å². The Kier molecular flexibility index (Phi) is 5.43. The van der Waals surface area contributed by atoms with Gasteiger partial charge >= 0.3 is 0 Å². The normalized spacial score (nSPS) is 10.3. The van der Waals surface area contributed by atoms with Crippen LogP contribution in [-0.2, 0) is 13.1 Å². The van der Waals surface area contributed by atoms with Gasteiger partial charge in [-0.05, 0) is 30.3 Å². The molecule has 0 saturated carbocycles. The fraction of sp³-hybridized carbons (Fsp3) is 0.294. The second-order valence-corrected chi connectivity index (χ2v) is 4.50. The van der Waals surface area contributed by atoms with Crippen molar-refractivity contribution in [3.8, 4) is 11.8 Å². The van der Waals surface area contributed by atoms with Gasteiger partial charge in [-0.2, -0.15) is 0 Å². The highest BCUT2D eigenvalue weighted by atomic mass is 16.3. The summed E-state index contributed by atoms with van der Waals surface area (Å²) >= 11 is 0. The third-order valence-corrected chi connectivity index (χ3v) is 3.12. The van der Waals surface area contributed by atoms with E-state index in [0.717, 1.165) is 31.0 Å². The summed E-state index contributed by atoms with van der Waals surface area (Å²) in [6.45, 7) is 4.55. The van der Waals surface area contributed by atoms with Gasteiger partial charge in [0.15, 0.2) is 0 Å². The Bertz CT molecular complexity index is 579. The Morgan fingerprint density at radius 2 is 2.00 bits per heavy atom. The van der Waals surface area contributed by atoms with Gasteiger partial charge in [0.2, 0.25) is 0 Å². The lowest BCUT2D eigenvalue weighted by Crippen LogP contribution is -2.22. The highest BCUT2D eigenvalue weighted by Gasteiger charge is 2.08. The smallest absolute Gasteiger partial charge is 0.117 e. The highest BCUT2D eigenvalue weighted by molar-refractivity contribution is 5.41. The lowest BCUT2D eigenvalue weighted by Gasteiger charge is -2.20. The summed E-state index contributed by atoms with van der Waals surface area (Å²) in [6, 6.07) is 11.9. The minimum atomic E-state index is -0.113. The summed E-state index contributed by atoms with van der Waals surface area (Å²) in [5, 5.41) is 8.82. The minimum absolute atomic E-state index is 0.113. The quantitative estimate of drug-likeness (QED) is 0.848. The molecule has 3 nitrogen and oxygen atoms in total. The third kappa shape index (κ3) is 3.99. The van der Waals surface area contributed by atoms with Crippen molar-refractivity contribution < 1.29 is 9.52 Å². The summed E-state index contributed by atoms with van der Waals surface area (Å²) in [4.78, 5) is 2.29. The van der Waals surface area contributed by atoms with Crippen LogP contribution in [0.25, 0.3) is 0 Å². The Morgan fingerprint density at radius 1 is 1.15 bits per heavy atom. The molecule has 0 bridgehead atoms. The number of hydrogen-bond acceptors (Lipinski definition) is 3. The maximum atomic E-state index is 8.82. The Morgan fingerprint density at radius 3 is 2.70 bits per heavy atom. The molecule has 1 aromatic heterocycles. The van der Waals surface area contributed by atoms with Gasteiger partial charge in [0, 0.05) is 12.1 Å². The molecular weight excluding hydrogens is 250 g/mol. The zero-order chi connectivity index (χ0) is 14.2. The van der Waals surface area contributed by atoms with Gasteiger partial charge in [-0.3, -0.25) is 4.90 Å². The van der Waals surface area contributed by atoms with E-state index in [1.54, 1.807) is 6.26 Å². The van der Waals surface area contributed by atoms with Crippen LogP contribution in [0.1, 0.15) is 23.8 Å². The molecule has 20 heavy (non-hydrogen) atoms. The molecule has 104 valence electrons. The monoisotopic (exact) mass is 269 g/mol. The van der Waals surface area contributed by atoms with Crippen molar-refractivity contribution in [2.45, 2.75) is 20.0 Å². The van der Waals surface area contributed by atoms with Crippen molar-refractivity contribution in [2.24, 2.45) is 0 Å². The van der Waals surface area contributed by atoms with Crippen molar-refractivity contribution in [3.05, 3.63) is 59.5 Å². The molecule has 0 unspecified atom stereocenters. The van der Waals surface area contributed by atoms with Crippen LogP contribution in [0.15, 0.2) is 47.1 Å². The molecule has 0 radical (unpaired) electrons. The van der Waals surface area contributed by atoms with E-state index in [4.69, 9.17) is 9.52 Å².